The van der Waals surface area contributed by atoms with Gasteiger partial charge in [0.25, 0.3) is 5.91 Å². The molecule has 148 valence electrons. The number of aryl methyl sites for hydroxylation is 1. The highest BCUT2D eigenvalue weighted by Crippen LogP contribution is 2.23. The average Bonchev–Trinajstić information content (AvgIpc) is 3.14. The Kier molecular flexibility index (Phi) is 5.82. The Balaban J connectivity index is 1.64. The predicted molar refractivity (Wildman–Crippen MR) is 108 cm³/mol. The van der Waals surface area contributed by atoms with Crippen LogP contribution in [0.3, 0.4) is 0 Å². The molecule has 0 saturated carbocycles. The summed E-state index contributed by atoms with van der Waals surface area (Å²) in [4.78, 5) is 32.4. The fourth-order valence-corrected chi connectivity index (χ4v) is 3.14. The standard InChI is InChI=1S/C21H26N4O3/c1-14-7-5-9-18(15(14)2)23-21(27)25-12-10-16(13-25)28-19-17(8-6-11-22-19)20(26)24(3)4/h5-9,11,16H,10,12-13H2,1-4H3,(H,23,27). The van der Waals surface area contributed by atoms with Crippen LogP contribution < -0.4 is 10.1 Å². The summed E-state index contributed by atoms with van der Waals surface area (Å²) >= 11 is 0. The van der Waals surface area contributed by atoms with Crippen molar-refractivity contribution in [3.63, 3.8) is 0 Å². The Morgan fingerprint density at radius 2 is 2.00 bits per heavy atom. The van der Waals surface area contributed by atoms with E-state index < -0.39 is 0 Å². The van der Waals surface area contributed by atoms with Gasteiger partial charge in [-0.05, 0) is 43.2 Å². The lowest BCUT2D eigenvalue weighted by Crippen LogP contribution is -2.35. The van der Waals surface area contributed by atoms with E-state index in [2.05, 4.69) is 10.3 Å². The normalized spacial score (nSPS) is 16.0. The predicted octanol–water partition coefficient (Wildman–Crippen LogP) is 3.09. The van der Waals surface area contributed by atoms with Gasteiger partial charge in [-0.3, -0.25) is 4.79 Å². The number of carbonyl (C=O) groups excluding carboxylic acids is 2. The topological polar surface area (TPSA) is 74.8 Å². The van der Waals surface area contributed by atoms with E-state index in [9.17, 15) is 9.59 Å². The van der Waals surface area contributed by atoms with Gasteiger partial charge in [0.15, 0.2) is 0 Å². The summed E-state index contributed by atoms with van der Waals surface area (Å²) in [5.74, 6) is 0.147. The summed E-state index contributed by atoms with van der Waals surface area (Å²) in [7, 11) is 3.38. The monoisotopic (exact) mass is 382 g/mol. The Morgan fingerprint density at radius 3 is 2.75 bits per heavy atom. The number of benzene rings is 1. The number of rotatable bonds is 4. The number of hydrogen-bond acceptors (Lipinski definition) is 4. The fourth-order valence-electron chi connectivity index (χ4n) is 3.14. The zero-order valence-corrected chi connectivity index (χ0v) is 16.7. The van der Waals surface area contributed by atoms with Gasteiger partial charge in [-0.25, -0.2) is 9.78 Å². The first-order valence-corrected chi connectivity index (χ1v) is 9.32. The van der Waals surface area contributed by atoms with Gasteiger partial charge in [-0.2, -0.15) is 0 Å². The van der Waals surface area contributed by atoms with Crippen LogP contribution >= 0.6 is 0 Å². The quantitative estimate of drug-likeness (QED) is 0.882. The Bertz CT molecular complexity index is 882. The lowest BCUT2D eigenvalue weighted by atomic mass is 10.1. The Morgan fingerprint density at radius 1 is 1.21 bits per heavy atom. The Hall–Kier alpha value is -3.09. The fraction of sp³-hybridized carbons (Fsp3) is 0.381. The number of nitrogens with one attached hydrogen (secondary N) is 1. The van der Waals surface area contributed by atoms with Crippen molar-refractivity contribution in [3.8, 4) is 5.88 Å². The van der Waals surface area contributed by atoms with Crippen molar-refractivity contribution in [2.45, 2.75) is 26.4 Å². The van der Waals surface area contributed by atoms with Crippen LogP contribution in [0.5, 0.6) is 5.88 Å². The minimum atomic E-state index is -0.201. The second-order valence-corrected chi connectivity index (χ2v) is 7.21. The van der Waals surface area contributed by atoms with Gasteiger partial charge in [0.05, 0.1) is 6.54 Å². The molecule has 1 N–H and O–H groups in total. The summed E-state index contributed by atoms with van der Waals surface area (Å²) in [5, 5.41) is 2.98. The molecule has 3 rings (SSSR count). The Labute approximate surface area is 165 Å². The van der Waals surface area contributed by atoms with Gasteiger partial charge >= 0.3 is 6.03 Å². The van der Waals surface area contributed by atoms with E-state index in [-0.39, 0.29) is 18.0 Å². The minimum absolute atomic E-state index is 0.148. The van der Waals surface area contributed by atoms with Crippen LogP contribution in [0, 0.1) is 13.8 Å². The van der Waals surface area contributed by atoms with Crippen LogP contribution in [-0.2, 0) is 0 Å². The number of pyridine rings is 1. The molecule has 1 atom stereocenters. The molecule has 2 aromatic rings. The molecule has 28 heavy (non-hydrogen) atoms. The van der Waals surface area contributed by atoms with Crippen LogP contribution in [0.1, 0.15) is 27.9 Å². The molecule has 7 heteroatoms. The lowest BCUT2D eigenvalue weighted by Gasteiger charge is -2.20. The second-order valence-electron chi connectivity index (χ2n) is 7.21. The van der Waals surface area contributed by atoms with Crippen molar-refractivity contribution in [1.82, 2.24) is 14.8 Å². The smallest absolute Gasteiger partial charge is 0.321 e. The molecule has 1 fully saturated rings. The van der Waals surface area contributed by atoms with E-state index >= 15 is 0 Å². The number of anilines is 1. The number of aromatic nitrogens is 1. The summed E-state index contributed by atoms with van der Waals surface area (Å²) in [6.07, 6.45) is 2.08. The molecule has 1 saturated heterocycles. The van der Waals surface area contributed by atoms with Crippen LogP contribution in [0.15, 0.2) is 36.5 Å². The second kappa shape index (κ2) is 8.29. The molecule has 1 aliphatic rings. The highest BCUT2D eigenvalue weighted by molar-refractivity contribution is 5.96. The zero-order valence-electron chi connectivity index (χ0n) is 16.7. The molecule has 1 unspecified atom stereocenters. The maximum absolute atomic E-state index is 12.6. The number of urea groups is 1. The first kappa shape index (κ1) is 19.7. The average molecular weight is 382 g/mol. The summed E-state index contributed by atoms with van der Waals surface area (Å²) in [5.41, 5.74) is 3.43. The van der Waals surface area contributed by atoms with Crippen molar-refractivity contribution < 1.29 is 14.3 Å². The number of amides is 3. The van der Waals surface area contributed by atoms with E-state index in [1.54, 1.807) is 37.3 Å². The van der Waals surface area contributed by atoms with E-state index in [1.807, 2.05) is 32.0 Å². The van der Waals surface area contributed by atoms with Crippen molar-refractivity contribution in [2.75, 3.05) is 32.5 Å². The van der Waals surface area contributed by atoms with E-state index in [4.69, 9.17) is 4.74 Å². The van der Waals surface area contributed by atoms with Crippen molar-refractivity contribution in [3.05, 3.63) is 53.2 Å². The molecule has 0 spiro atoms. The molecule has 1 aromatic carbocycles. The van der Waals surface area contributed by atoms with Gasteiger partial charge in [-0.15, -0.1) is 0 Å². The summed E-state index contributed by atoms with van der Waals surface area (Å²) < 4.78 is 5.97. The highest BCUT2D eigenvalue weighted by atomic mass is 16.5. The van der Waals surface area contributed by atoms with Crippen molar-refractivity contribution in [2.24, 2.45) is 0 Å². The van der Waals surface area contributed by atoms with Crippen LogP contribution in [0.4, 0.5) is 10.5 Å². The number of likely N-dealkylation sites (tertiary alicyclic amines) is 1. The molecule has 1 aromatic heterocycles. The molecule has 2 heterocycles. The first-order chi connectivity index (χ1) is 13.4. The van der Waals surface area contributed by atoms with E-state index in [0.29, 0.717) is 31.0 Å². The minimum Gasteiger partial charge on any atom is -0.472 e. The molecule has 3 amide bonds. The molecule has 0 radical (unpaired) electrons. The SMILES string of the molecule is Cc1cccc(NC(=O)N2CCC(Oc3ncccc3C(=O)N(C)C)C2)c1C. The van der Waals surface area contributed by atoms with E-state index in [1.165, 1.54) is 4.90 Å². The molecule has 1 aliphatic heterocycles. The lowest BCUT2D eigenvalue weighted by molar-refractivity contribution is 0.0818. The van der Waals surface area contributed by atoms with Crippen LogP contribution in [-0.4, -0.2) is 60.0 Å². The van der Waals surface area contributed by atoms with Gasteiger partial charge in [-0.1, -0.05) is 12.1 Å². The third-order valence-electron chi connectivity index (χ3n) is 4.96. The third kappa shape index (κ3) is 4.24. The van der Waals surface area contributed by atoms with Crippen LogP contribution in [0.2, 0.25) is 0 Å². The van der Waals surface area contributed by atoms with Gasteiger partial charge < -0.3 is 19.9 Å². The highest BCUT2D eigenvalue weighted by Gasteiger charge is 2.29. The number of hydrogen-bond donors (Lipinski definition) is 1. The molecular formula is C21H26N4O3. The number of nitrogens with zero attached hydrogens (tertiary/aromatic N) is 3. The maximum atomic E-state index is 12.6. The molecule has 0 aliphatic carbocycles. The van der Waals surface area contributed by atoms with Crippen LogP contribution in [0.25, 0.3) is 0 Å². The van der Waals surface area contributed by atoms with Gasteiger partial charge in [0.1, 0.15) is 11.7 Å². The molecule has 0 bridgehead atoms. The molecule has 7 nitrogen and oxygen atoms in total. The maximum Gasteiger partial charge on any atom is 0.321 e. The summed E-state index contributed by atoms with van der Waals surface area (Å²) in [6.45, 7) is 5.05. The summed E-state index contributed by atoms with van der Waals surface area (Å²) in [6, 6.07) is 9.11. The zero-order chi connectivity index (χ0) is 20.3. The molecular weight excluding hydrogens is 356 g/mol. The number of carbonyl (C=O) groups is 2. The largest absolute Gasteiger partial charge is 0.472 e. The number of ether oxygens (including phenoxy) is 1. The van der Waals surface area contributed by atoms with Gasteiger partial charge in [0.2, 0.25) is 5.88 Å². The first-order valence-electron chi connectivity index (χ1n) is 9.32. The van der Waals surface area contributed by atoms with Crippen molar-refractivity contribution in [1.29, 1.82) is 0 Å². The van der Waals surface area contributed by atoms with E-state index in [0.717, 1.165) is 16.8 Å². The van der Waals surface area contributed by atoms with Crippen molar-refractivity contribution >= 4 is 17.6 Å². The third-order valence-corrected chi connectivity index (χ3v) is 4.96. The van der Waals surface area contributed by atoms with Gasteiger partial charge in [0, 0.05) is 38.9 Å².